The highest BCUT2D eigenvalue weighted by Gasteiger charge is 2.26. The number of aromatic nitrogens is 1. The Morgan fingerprint density at radius 1 is 1.06 bits per heavy atom. The van der Waals surface area contributed by atoms with Crippen molar-refractivity contribution in [2.24, 2.45) is 0 Å². The fourth-order valence-corrected chi connectivity index (χ4v) is 3.90. The van der Waals surface area contributed by atoms with E-state index in [9.17, 15) is 22.8 Å². The minimum atomic E-state index is -4.20. The highest BCUT2D eigenvalue weighted by molar-refractivity contribution is 6.01. The van der Waals surface area contributed by atoms with Crippen LogP contribution in [0.4, 0.5) is 13.2 Å². The predicted octanol–water partition coefficient (Wildman–Crippen LogP) is 6.02. The summed E-state index contributed by atoms with van der Waals surface area (Å²) in [5.41, 5.74) is 3.15. The molecule has 1 heterocycles. The topological polar surface area (TPSA) is 71.2 Å². The first kappa shape index (κ1) is 24.6. The molecule has 0 bridgehead atoms. The van der Waals surface area contributed by atoms with Gasteiger partial charge in [-0.15, -0.1) is 0 Å². The number of pyridine rings is 1. The average molecular weight is 485 g/mol. The quantitative estimate of drug-likeness (QED) is 0.384. The molecule has 0 spiro atoms. The number of H-pyrrole nitrogens is 1. The summed E-state index contributed by atoms with van der Waals surface area (Å²) in [5.74, 6) is 0.0502. The average Bonchev–Trinajstić information content (AvgIpc) is 2.79. The summed E-state index contributed by atoms with van der Waals surface area (Å²) in [4.78, 5) is 28.9. The number of carbonyl (C=O) groups is 1. The van der Waals surface area contributed by atoms with Crippen molar-refractivity contribution in [2.45, 2.75) is 51.2 Å². The second-order valence-electron chi connectivity index (χ2n) is 8.86. The second-order valence-corrected chi connectivity index (χ2v) is 8.86. The summed E-state index contributed by atoms with van der Waals surface area (Å²) in [5, 5.41) is 2.95. The molecular formula is C27H27F3N2O3. The van der Waals surface area contributed by atoms with E-state index in [1.54, 1.807) is 30.3 Å². The maximum Gasteiger partial charge on any atom is 0.389 e. The molecule has 3 aromatic rings. The number of amides is 1. The zero-order valence-corrected chi connectivity index (χ0v) is 19.4. The first-order valence-corrected chi connectivity index (χ1v) is 11.6. The third kappa shape index (κ3) is 6.32. The fraction of sp³-hybridized carbons (Fsp3) is 0.333. The second kappa shape index (κ2) is 10.4. The van der Waals surface area contributed by atoms with Crippen molar-refractivity contribution in [3.05, 3.63) is 76.1 Å². The highest BCUT2D eigenvalue weighted by Crippen LogP contribution is 2.29. The van der Waals surface area contributed by atoms with Gasteiger partial charge in [-0.25, -0.2) is 0 Å². The van der Waals surface area contributed by atoms with Crippen molar-refractivity contribution < 1.29 is 22.7 Å². The van der Waals surface area contributed by atoms with Gasteiger partial charge in [-0.1, -0.05) is 29.8 Å². The summed E-state index contributed by atoms with van der Waals surface area (Å²) in [7, 11) is 0. The van der Waals surface area contributed by atoms with E-state index < -0.39 is 18.2 Å². The van der Waals surface area contributed by atoms with Gasteiger partial charge in [0.1, 0.15) is 11.3 Å². The summed E-state index contributed by atoms with van der Waals surface area (Å²) < 4.78 is 42.2. The van der Waals surface area contributed by atoms with Crippen molar-refractivity contribution in [1.29, 1.82) is 0 Å². The number of ether oxygens (including phenoxy) is 1. The number of aryl methyl sites for hydroxylation is 1. The van der Waals surface area contributed by atoms with Crippen LogP contribution in [0.1, 0.15) is 48.0 Å². The zero-order valence-electron chi connectivity index (χ0n) is 19.4. The third-order valence-corrected chi connectivity index (χ3v) is 6.10. The fourth-order valence-electron chi connectivity index (χ4n) is 3.90. The standard InChI is InChI=1S/C27H27F3N2O3/c1-17-6-8-18(9-7-17)22-16-23(32-26(34)24(22)25(33)31-20-4-2-5-20)19-10-12-21(13-11-19)35-15-3-14-27(28,29)30/h6-13,16,20H,2-5,14-15H2,1H3,(H,31,33)(H,32,34). The Balaban J connectivity index is 1.60. The van der Waals surface area contributed by atoms with Crippen molar-refractivity contribution in [2.75, 3.05) is 6.61 Å². The number of nitrogens with one attached hydrogen (secondary N) is 2. The first-order valence-electron chi connectivity index (χ1n) is 11.6. The van der Waals surface area contributed by atoms with Crippen LogP contribution < -0.4 is 15.6 Å². The number of aromatic amines is 1. The first-order chi connectivity index (χ1) is 16.7. The molecule has 0 atom stereocenters. The molecule has 0 saturated heterocycles. The van der Waals surface area contributed by atoms with E-state index in [0.29, 0.717) is 22.6 Å². The lowest BCUT2D eigenvalue weighted by Crippen LogP contribution is -2.41. The van der Waals surface area contributed by atoms with Crippen LogP contribution in [0.2, 0.25) is 0 Å². The van der Waals surface area contributed by atoms with Gasteiger partial charge in [0.05, 0.1) is 6.61 Å². The molecule has 1 fully saturated rings. The minimum Gasteiger partial charge on any atom is -0.494 e. The van der Waals surface area contributed by atoms with Gasteiger partial charge in [0.25, 0.3) is 11.5 Å². The van der Waals surface area contributed by atoms with Gasteiger partial charge in [0.15, 0.2) is 0 Å². The van der Waals surface area contributed by atoms with Crippen LogP contribution in [0.25, 0.3) is 22.4 Å². The number of hydrogen-bond acceptors (Lipinski definition) is 3. The molecule has 1 aliphatic carbocycles. The molecular weight excluding hydrogens is 457 g/mol. The molecule has 2 aromatic carbocycles. The number of halogens is 3. The maximum absolute atomic E-state index is 13.1. The molecule has 0 aliphatic heterocycles. The van der Waals surface area contributed by atoms with Crippen LogP contribution >= 0.6 is 0 Å². The molecule has 0 unspecified atom stereocenters. The van der Waals surface area contributed by atoms with Crippen LogP contribution in [-0.2, 0) is 0 Å². The number of rotatable bonds is 8. The van der Waals surface area contributed by atoms with Crippen molar-refractivity contribution >= 4 is 5.91 Å². The molecule has 1 aliphatic rings. The Kier molecular flexibility index (Phi) is 7.28. The Hall–Kier alpha value is -3.55. The van der Waals surface area contributed by atoms with Gasteiger partial charge in [0, 0.05) is 23.7 Å². The van der Waals surface area contributed by atoms with Gasteiger partial charge in [0.2, 0.25) is 0 Å². The Bertz CT molecular complexity index is 1230. The number of alkyl halides is 3. The molecule has 1 saturated carbocycles. The van der Waals surface area contributed by atoms with E-state index in [-0.39, 0.29) is 30.5 Å². The number of carbonyl (C=O) groups excluding carboxylic acids is 1. The van der Waals surface area contributed by atoms with Gasteiger partial charge < -0.3 is 15.0 Å². The van der Waals surface area contributed by atoms with Gasteiger partial charge in [-0.05, 0) is 74.1 Å². The van der Waals surface area contributed by atoms with Gasteiger partial charge >= 0.3 is 6.18 Å². The maximum atomic E-state index is 13.1. The Morgan fingerprint density at radius 2 is 1.71 bits per heavy atom. The SMILES string of the molecule is Cc1ccc(-c2cc(-c3ccc(OCCCC(F)(F)F)cc3)[nH]c(=O)c2C(=O)NC2CCC2)cc1. The number of benzene rings is 2. The van der Waals surface area contributed by atoms with Crippen LogP contribution in [0, 0.1) is 6.92 Å². The van der Waals surface area contributed by atoms with E-state index in [2.05, 4.69) is 10.3 Å². The van der Waals surface area contributed by atoms with E-state index in [4.69, 9.17) is 4.74 Å². The Morgan fingerprint density at radius 3 is 2.31 bits per heavy atom. The van der Waals surface area contributed by atoms with Crippen molar-refractivity contribution in [1.82, 2.24) is 10.3 Å². The Labute approximate surface area is 201 Å². The van der Waals surface area contributed by atoms with E-state index in [0.717, 1.165) is 30.4 Å². The molecule has 1 aromatic heterocycles. The van der Waals surface area contributed by atoms with Crippen LogP contribution in [0.15, 0.2) is 59.4 Å². The van der Waals surface area contributed by atoms with Gasteiger partial charge in [-0.3, -0.25) is 9.59 Å². The molecule has 5 nitrogen and oxygen atoms in total. The lowest BCUT2D eigenvalue weighted by atomic mass is 9.92. The highest BCUT2D eigenvalue weighted by atomic mass is 19.4. The molecule has 184 valence electrons. The largest absolute Gasteiger partial charge is 0.494 e. The van der Waals surface area contributed by atoms with E-state index in [1.165, 1.54) is 0 Å². The molecule has 0 radical (unpaired) electrons. The van der Waals surface area contributed by atoms with Crippen LogP contribution in [-0.4, -0.2) is 29.7 Å². The van der Waals surface area contributed by atoms with E-state index in [1.807, 2.05) is 31.2 Å². The summed E-state index contributed by atoms with van der Waals surface area (Å²) in [6.07, 6.45) is -2.33. The monoisotopic (exact) mass is 484 g/mol. The third-order valence-electron chi connectivity index (χ3n) is 6.10. The summed E-state index contributed by atoms with van der Waals surface area (Å²) in [6, 6.07) is 16.2. The molecule has 4 rings (SSSR count). The number of hydrogen-bond donors (Lipinski definition) is 2. The minimum absolute atomic E-state index is 0.0436. The zero-order chi connectivity index (χ0) is 25.0. The van der Waals surface area contributed by atoms with E-state index >= 15 is 0 Å². The lowest BCUT2D eigenvalue weighted by Gasteiger charge is -2.26. The predicted molar refractivity (Wildman–Crippen MR) is 129 cm³/mol. The molecule has 35 heavy (non-hydrogen) atoms. The lowest BCUT2D eigenvalue weighted by molar-refractivity contribution is -0.136. The van der Waals surface area contributed by atoms with Crippen molar-refractivity contribution in [3.63, 3.8) is 0 Å². The van der Waals surface area contributed by atoms with Crippen LogP contribution in [0.5, 0.6) is 5.75 Å². The summed E-state index contributed by atoms with van der Waals surface area (Å²) in [6.45, 7) is 1.92. The summed E-state index contributed by atoms with van der Waals surface area (Å²) >= 11 is 0. The van der Waals surface area contributed by atoms with Gasteiger partial charge in [-0.2, -0.15) is 13.2 Å². The smallest absolute Gasteiger partial charge is 0.389 e. The molecule has 1 amide bonds. The molecule has 2 N–H and O–H groups in total. The molecule has 8 heteroatoms. The van der Waals surface area contributed by atoms with Crippen LogP contribution in [0.3, 0.4) is 0 Å². The van der Waals surface area contributed by atoms with Crippen molar-refractivity contribution in [3.8, 4) is 28.1 Å². The normalized spacial score (nSPS) is 13.8.